The van der Waals surface area contributed by atoms with E-state index in [0.717, 1.165) is 74.4 Å². The Morgan fingerprint density at radius 3 is 2.39 bits per heavy atom. The van der Waals surface area contributed by atoms with Crippen molar-refractivity contribution in [1.29, 1.82) is 0 Å². The van der Waals surface area contributed by atoms with Crippen molar-refractivity contribution in [3.8, 4) is 0 Å². The normalized spacial score (nSPS) is 18.9. The van der Waals surface area contributed by atoms with E-state index in [4.69, 9.17) is 9.40 Å². The van der Waals surface area contributed by atoms with Gasteiger partial charge in [-0.15, -0.1) is 5.10 Å². The summed E-state index contributed by atoms with van der Waals surface area (Å²) in [5.74, 6) is 2.52. The molecule has 198 valence electrons. The van der Waals surface area contributed by atoms with Gasteiger partial charge < -0.3 is 9.32 Å². The molecule has 1 unspecified atom stereocenters. The number of rotatable bonds is 7. The van der Waals surface area contributed by atoms with Gasteiger partial charge in [-0.3, -0.25) is 9.58 Å². The summed E-state index contributed by atoms with van der Waals surface area (Å²) >= 11 is 0. The van der Waals surface area contributed by atoms with E-state index < -0.39 is 0 Å². The maximum absolute atomic E-state index is 6.82. The summed E-state index contributed by atoms with van der Waals surface area (Å²) in [6.07, 6.45) is 8.71. The van der Waals surface area contributed by atoms with E-state index in [1.807, 2.05) is 4.68 Å². The van der Waals surface area contributed by atoms with E-state index >= 15 is 0 Å². The molecule has 1 atom stereocenters. The predicted octanol–water partition coefficient (Wildman–Crippen LogP) is 6.02. The highest BCUT2D eigenvalue weighted by Crippen LogP contribution is 2.37. The van der Waals surface area contributed by atoms with Crippen LogP contribution in [-0.2, 0) is 26.1 Å². The number of hydrogen-bond donors (Lipinski definition) is 0. The average Bonchev–Trinajstić information content (AvgIpc) is 3.50. The van der Waals surface area contributed by atoms with Crippen LogP contribution < -0.4 is 4.90 Å². The van der Waals surface area contributed by atoms with Crippen LogP contribution >= 0.6 is 0 Å². The van der Waals surface area contributed by atoms with Crippen LogP contribution in [0.15, 0.2) is 71.3 Å². The topological polar surface area (TPSA) is 63.2 Å². The number of aryl methyl sites for hydroxylation is 1. The van der Waals surface area contributed by atoms with Crippen LogP contribution in [-0.4, -0.2) is 38.0 Å². The summed E-state index contributed by atoms with van der Waals surface area (Å²) < 4.78 is 8.82. The highest BCUT2D eigenvalue weighted by Gasteiger charge is 2.32. The Labute approximate surface area is 225 Å². The largest absolute Gasteiger partial charge is 0.423 e. The predicted molar refractivity (Wildman–Crippen MR) is 149 cm³/mol. The van der Waals surface area contributed by atoms with Crippen molar-refractivity contribution in [1.82, 2.24) is 24.9 Å². The number of benzene rings is 2. The van der Waals surface area contributed by atoms with Gasteiger partial charge in [0.25, 0.3) is 0 Å². The molecule has 1 aliphatic heterocycles. The molecule has 6 rings (SSSR count). The molecule has 1 saturated carbocycles. The Balaban J connectivity index is 1.42. The second-order valence-electron chi connectivity index (χ2n) is 10.9. The molecule has 2 aromatic heterocycles. The van der Waals surface area contributed by atoms with E-state index in [2.05, 4.69) is 93.9 Å². The standard InChI is InChI=1S/C31H38N6O/c1-2-29-30-32-28(19-24-11-5-3-6-12-24)31(38-30)36(21-25-13-7-4-8-14-25)22-27-23-37(34-33-27)18-10-9-17-35(29)20-26-15-16-26/h3-8,11-14,23,26,29H,2,9-10,15-22H2,1H3. The lowest BCUT2D eigenvalue weighted by Crippen LogP contribution is -2.32. The maximum atomic E-state index is 6.82. The van der Waals surface area contributed by atoms with Gasteiger partial charge >= 0.3 is 0 Å². The zero-order valence-electron chi connectivity index (χ0n) is 22.4. The van der Waals surface area contributed by atoms with Crippen molar-refractivity contribution < 1.29 is 4.42 Å². The molecule has 1 fully saturated rings. The van der Waals surface area contributed by atoms with Crippen LogP contribution in [0.2, 0.25) is 0 Å². The van der Waals surface area contributed by atoms with Crippen LogP contribution in [0.1, 0.15) is 73.5 Å². The van der Waals surface area contributed by atoms with Crippen LogP contribution in [0.4, 0.5) is 5.88 Å². The van der Waals surface area contributed by atoms with E-state index in [-0.39, 0.29) is 6.04 Å². The molecule has 7 heteroatoms. The number of fused-ring (bicyclic) bond motifs is 4. The minimum Gasteiger partial charge on any atom is -0.423 e. The lowest BCUT2D eigenvalue weighted by molar-refractivity contribution is 0.154. The molecule has 4 bridgehead atoms. The first kappa shape index (κ1) is 24.9. The Morgan fingerprint density at radius 2 is 1.66 bits per heavy atom. The van der Waals surface area contributed by atoms with Crippen LogP contribution in [0, 0.1) is 5.92 Å². The first-order valence-electron chi connectivity index (χ1n) is 14.2. The Morgan fingerprint density at radius 1 is 0.921 bits per heavy atom. The summed E-state index contributed by atoms with van der Waals surface area (Å²) in [6.45, 7) is 6.69. The molecule has 1 aliphatic carbocycles. The quantitative estimate of drug-likeness (QED) is 0.303. The molecule has 0 radical (unpaired) electrons. The van der Waals surface area contributed by atoms with Crippen molar-refractivity contribution in [2.75, 3.05) is 18.0 Å². The number of hydrogen-bond acceptors (Lipinski definition) is 6. The first-order valence-corrected chi connectivity index (χ1v) is 14.2. The molecule has 2 aliphatic rings. The van der Waals surface area contributed by atoms with Crippen LogP contribution in [0.5, 0.6) is 0 Å². The van der Waals surface area contributed by atoms with Gasteiger partial charge in [-0.25, -0.2) is 4.98 Å². The van der Waals surface area contributed by atoms with Crippen LogP contribution in [0.3, 0.4) is 0 Å². The Hall–Kier alpha value is -3.45. The molecule has 38 heavy (non-hydrogen) atoms. The zero-order valence-corrected chi connectivity index (χ0v) is 22.4. The van der Waals surface area contributed by atoms with Crippen molar-refractivity contribution in [2.24, 2.45) is 5.92 Å². The molecule has 0 saturated heterocycles. The summed E-state index contributed by atoms with van der Waals surface area (Å²) in [4.78, 5) is 10.2. The van der Waals surface area contributed by atoms with Gasteiger partial charge in [0.2, 0.25) is 11.8 Å². The van der Waals surface area contributed by atoms with Crippen molar-refractivity contribution in [3.63, 3.8) is 0 Å². The molecular formula is C31H38N6O. The lowest BCUT2D eigenvalue weighted by atomic mass is 10.1. The Bertz CT molecular complexity index is 1300. The number of anilines is 1. The molecule has 0 amide bonds. The van der Waals surface area contributed by atoms with Gasteiger partial charge in [0.1, 0.15) is 11.4 Å². The minimum atomic E-state index is 0.186. The smallest absolute Gasteiger partial charge is 0.220 e. The third-order valence-electron chi connectivity index (χ3n) is 7.73. The number of nitrogens with zero attached hydrogens (tertiary/aromatic N) is 6. The molecule has 2 aromatic carbocycles. The third kappa shape index (κ3) is 5.99. The monoisotopic (exact) mass is 510 g/mol. The zero-order chi connectivity index (χ0) is 25.7. The van der Waals surface area contributed by atoms with Gasteiger partial charge in [0.05, 0.1) is 18.8 Å². The van der Waals surface area contributed by atoms with Gasteiger partial charge in [0, 0.05) is 26.1 Å². The Kier molecular flexibility index (Phi) is 7.54. The fraction of sp³-hybridized carbons (Fsp3) is 0.452. The van der Waals surface area contributed by atoms with Gasteiger partial charge in [-0.2, -0.15) is 0 Å². The summed E-state index contributed by atoms with van der Waals surface area (Å²) in [5, 5.41) is 8.98. The minimum absolute atomic E-state index is 0.186. The number of oxazole rings is 1. The van der Waals surface area contributed by atoms with Crippen molar-refractivity contribution in [3.05, 3.63) is 95.3 Å². The summed E-state index contributed by atoms with van der Waals surface area (Å²) in [7, 11) is 0. The fourth-order valence-electron chi connectivity index (χ4n) is 5.56. The lowest BCUT2D eigenvalue weighted by Gasteiger charge is -2.29. The van der Waals surface area contributed by atoms with E-state index in [0.29, 0.717) is 13.1 Å². The molecule has 0 N–H and O–H groups in total. The van der Waals surface area contributed by atoms with E-state index in [9.17, 15) is 0 Å². The van der Waals surface area contributed by atoms with Crippen LogP contribution in [0.25, 0.3) is 0 Å². The summed E-state index contributed by atoms with van der Waals surface area (Å²) in [5.41, 5.74) is 4.41. The number of aromatic nitrogens is 4. The fourth-order valence-corrected chi connectivity index (χ4v) is 5.56. The van der Waals surface area contributed by atoms with Crippen molar-refractivity contribution in [2.45, 2.75) is 71.1 Å². The van der Waals surface area contributed by atoms with Gasteiger partial charge in [0.15, 0.2) is 0 Å². The SMILES string of the molecule is CCC1c2nc(Cc3ccccc3)c(o2)N(Cc2ccccc2)Cc2cn(nn2)CCCCN1CC1CC1. The molecule has 4 aromatic rings. The second-order valence-corrected chi connectivity index (χ2v) is 10.9. The molecular weight excluding hydrogens is 472 g/mol. The molecule has 3 heterocycles. The second kappa shape index (κ2) is 11.5. The van der Waals surface area contributed by atoms with Gasteiger partial charge in [-0.1, -0.05) is 72.8 Å². The van der Waals surface area contributed by atoms with Crippen molar-refractivity contribution >= 4 is 5.88 Å². The first-order chi connectivity index (χ1) is 18.7. The van der Waals surface area contributed by atoms with Gasteiger partial charge in [-0.05, 0) is 55.7 Å². The highest BCUT2D eigenvalue weighted by atomic mass is 16.4. The van der Waals surface area contributed by atoms with E-state index in [1.165, 1.54) is 24.0 Å². The molecule has 7 nitrogen and oxygen atoms in total. The average molecular weight is 511 g/mol. The maximum Gasteiger partial charge on any atom is 0.220 e. The summed E-state index contributed by atoms with van der Waals surface area (Å²) in [6, 6.07) is 21.4. The van der Waals surface area contributed by atoms with E-state index in [1.54, 1.807) is 0 Å². The highest BCUT2D eigenvalue weighted by molar-refractivity contribution is 5.45. The molecule has 0 spiro atoms. The third-order valence-corrected chi connectivity index (χ3v) is 7.73.